The molecule has 0 spiro atoms. The van der Waals surface area contributed by atoms with Gasteiger partial charge in [-0.25, -0.2) is 4.39 Å². The molecule has 0 N–H and O–H groups in total. The van der Waals surface area contributed by atoms with Gasteiger partial charge in [0.1, 0.15) is 0 Å². The van der Waals surface area contributed by atoms with E-state index in [4.69, 9.17) is 4.74 Å². The van der Waals surface area contributed by atoms with E-state index in [-0.39, 0.29) is 11.7 Å². The molecule has 0 radical (unpaired) electrons. The zero-order valence-corrected chi connectivity index (χ0v) is 7.44. The SMILES string of the molecule is CC/C(C)=C(/F)C(=NC)OC. The van der Waals surface area contributed by atoms with Crippen molar-refractivity contribution in [3.8, 4) is 0 Å². The molecule has 0 heterocycles. The Morgan fingerprint density at radius 2 is 2.09 bits per heavy atom. The normalized spacial score (nSPS) is 14.5. The largest absolute Gasteiger partial charge is 0.479 e. The van der Waals surface area contributed by atoms with Crippen LogP contribution in [-0.4, -0.2) is 20.1 Å². The minimum Gasteiger partial charge on any atom is -0.479 e. The fourth-order valence-electron chi connectivity index (χ4n) is 0.617. The molecular weight excluding hydrogens is 145 g/mol. The van der Waals surface area contributed by atoms with E-state index >= 15 is 0 Å². The second kappa shape index (κ2) is 4.88. The first-order valence-corrected chi connectivity index (χ1v) is 3.53. The third-order valence-electron chi connectivity index (χ3n) is 1.49. The van der Waals surface area contributed by atoms with Crippen molar-refractivity contribution in [3.05, 3.63) is 11.4 Å². The third kappa shape index (κ3) is 2.70. The average Bonchev–Trinajstić information content (AvgIpc) is 2.05. The molecule has 0 rings (SSSR count). The van der Waals surface area contributed by atoms with Crippen molar-refractivity contribution in [2.75, 3.05) is 14.2 Å². The average molecular weight is 159 g/mol. The van der Waals surface area contributed by atoms with Crippen LogP contribution in [0.4, 0.5) is 4.39 Å². The number of halogens is 1. The first-order valence-electron chi connectivity index (χ1n) is 3.53. The van der Waals surface area contributed by atoms with Crippen LogP contribution in [0.2, 0.25) is 0 Å². The number of hydrogen-bond acceptors (Lipinski definition) is 2. The molecule has 0 atom stereocenters. The van der Waals surface area contributed by atoms with E-state index in [9.17, 15) is 4.39 Å². The Morgan fingerprint density at radius 1 is 1.55 bits per heavy atom. The van der Waals surface area contributed by atoms with Gasteiger partial charge >= 0.3 is 0 Å². The van der Waals surface area contributed by atoms with Gasteiger partial charge in [-0.05, 0) is 18.9 Å². The maximum absolute atomic E-state index is 13.1. The van der Waals surface area contributed by atoms with Crippen LogP contribution in [0.25, 0.3) is 0 Å². The van der Waals surface area contributed by atoms with E-state index in [1.54, 1.807) is 6.92 Å². The minimum absolute atomic E-state index is 0.0735. The fraction of sp³-hybridized carbons (Fsp3) is 0.625. The Bertz CT molecular complexity index is 185. The zero-order chi connectivity index (χ0) is 8.85. The Morgan fingerprint density at radius 3 is 2.36 bits per heavy atom. The van der Waals surface area contributed by atoms with Crippen LogP contribution >= 0.6 is 0 Å². The van der Waals surface area contributed by atoms with Crippen molar-refractivity contribution >= 4 is 5.90 Å². The topological polar surface area (TPSA) is 21.6 Å². The van der Waals surface area contributed by atoms with Crippen LogP contribution in [-0.2, 0) is 4.74 Å². The summed E-state index contributed by atoms with van der Waals surface area (Å²) in [5.74, 6) is -0.276. The molecule has 3 heteroatoms. The van der Waals surface area contributed by atoms with Gasteiger partial charge in [-0.15, -0.1) is 0 Å². The van der Waals surface area contributed by atoms with Gasteiger partial charge in [-0.3, -0.25) is 4.99 Å². The molecule has 2 nitrogen and oxygen atoms in total. The van der Waals surface area contributed by atoms with E-state index in [0.717, 1.165) is 0 Å². The maximum Gasteiger partial charge on any atom is 0.245 e. The molecule has 0 aliphatic heterocycles. The quantitative estimate of drug-likeness (QED) is 0.447. The van der Waals surface area contributed by atoms with E-state index in [2.05, 4.69) is 4.99 Å². The Balaban J connectivity index is 4.57. The molecule has 0 unspecified atom stereocenters. The van der Waals surface area contributed by atoms with Gasteiger partial charge < -0.3 is 4.74 Å². The van der Waals surface area contributed by atoms with Gasteiger partial charge in [-0.1, -0.05) is 6.92 Å². The van der Waals surface area contributed by atoms with Crippen molar-refractivity contribution in [3.63, 3.8) is 0 Å². The highest BCUT2D eigenvalue weighted by atomic mass is 19.1. The van der Waals surface area contributed by atoms with Crippen molar-refractivity contribution in [2.24, 2.45) is 4.99 Å². The summed E-state index contributed by atoms with van der Waals surface area (Å²) in [6.45, 7) is 3.61. The second-order valence-corrected chi connectivity index (χ2v) is 2.18. The molecule has 0 aromatic rings. The molecular formula is C8H14FNO. The van der Waals surface area contributed by atoms with Gasteiger partial charge in [0, 0.05) is 7.05 Å². The first kappa shape index (κ1) is 10.1. The van der Waals surface area contributed by atoms with Crippen LogP contribution in [0.1, 0.15) is 20.3 Å². The van der Waals surface area contributed by atoms with Gasteiger partial charge in [0.2, 0.25) is 5.90 Å². The van der Waals surface area contributed by atoms with Crippen LogP contribution < -0.4 is 0 Å². The second-order valence-electron chi connectivity index (χ2n) is 2.18. The monoisotopic (exact) mass is 159 g/mol. The van der Waals surface area contributed by atoms with Crippen molar-refractivity contribution < 1.29 is 9.13 Å². The Labute approximate surface area is 66.8 Å². The molecule has 64 valence electrons. The summed E-state index contributed by atoms with van der Waals surface area (Å²) in [5.41, 5.74) is 0.660. The van der Waals surface area contributed by atoms with Crippen LogP contribution in [0.5, 0.6) is 0 Å². The van der Waals surface area contributed by atoms with Crippen molar-refractivity contribution in [2.45, 2.75) is 20.3 Å². The number of allylic oxidation sites excluding steroid dienone is 1. The highest BCUT2D eigenvalue weighted by Gasteiger charge is 2.07. The number of ether oxygens (including phenoxy) is 1. The summed E-state index contributed by atoms with van der Waals surface area (Å²) in [7, 11) is 2.91. The summed E-state index contributed by atoms with van der Waals surface area (Å²) >= 11 is 0. The molecule has 0 amide bonds. The molecule has 0 aromatic heterocycles. The Kier molecular flexibility index (Phi) is 4.50. The van der Waals surface area contributed by atoms with Crippen LogP contribution in [0.3, 0.4) is 0 Å². The molecule has 11 heavy (non-hydrogen) atoms. The zero-order valence-electron chi connectivity index (χ0n) is 7.44. The van der Waals surface area contributed by atoms with E-state index < -0.39 is 0 Å². The summed E-state index contributed by atoms with van der Waals surface area (Å²) in [6, 6.07) is 0. The van der Waals surface area contributed by atoms with E-state index in [1.165, 1.54) is 14.2 Å². The lowest BCUT2D eigenvalue weighted by Gasteiger charge is -2.03. The van der Waals surface area contributed by atoms with Gasteiger partial charge in [0.25, 0.3) is 0 Å². The number of methoxy groups -OCH3 is 1. The first-order chi connectivity index (χ1) is 5.17. The van der Waals surface area contributed by atoms with Gasteiger partial charge in [0.05, 0.1) is 7.11 Å². The highest BCUT2D eigenvalue weighted by molar-refractivity contribution is 5.91. The molecule has 0 bridgehead atoms. The predicted molar refractivity (Wildman–Crippen MR) is 44.5 cm³/mol. The summed E-state index contributed by atoms with van der Waals surface area (Å²) < 4.78 is 17.8. The number of rotatable bonds is 2. The molecule has 0 aromatic carbocycles. The van der Waals surface area contributed by atoms with Crippen molar-refractivity contribution in [1.29, 1.82) is 0 Å². The summed E-state index contributed by atoms with van der Waals surface area (Å²) in [6.07, 6.45) is 0.675. The molecule has 0 saturated carbocycles. The van der Waals surface area contributed by atoms with Crippen LogP contribution in [0, 0.1) is 0 Å². The van der Waals surface area contributed by atoms with Crippen LogP contribution in [0.15, 0.2) is 16.4 Å². The molecule has 0 saturated heterocycles. The summed E-state index contributed by atoms with van der Waals surface area (Å²) in [5, 5.41) is 0. The maximum atomic E-state index is 13.1. The van der Waals surface area contributed by atoms with Gasteiger partial charge in [0.15, 0.2) is 5.83 Å². The highest BCUT2D eigenvalue weighted by Crippen LogP contribution is 2.11. The summed E-state index contributed by atoms with van der Waals surface area (Å²) in [4.78, 5) is 3.64. The van der Waals surface area contributed by atoms with Crippen molar-refractivity contribution in [1.82, 2.24) is 0 Å². The predicted octanol–water partition coefficient (Wildman–Crippen LogP) is 2.31. The van der Waals surface area contributed by atoms with E-state index in [0.29, 0.717) is 12.0 Å². The lowest BCUT2D eigenvalue weighted by Crippen LogP contribution is -2.03. The molecule has 0 fully saturated rings. The molecule has 0 aliphatic rings. The lowest BCUT2D eigenvalue weighted by atomic mass is 10.2. The number of aliphatic imine (C=N–C) groups is 1. The third-order valence-corrected chi connectivity index (χ3v) is 1.49. The smallest absolute Gasteiger partial charge is 0.245 e. The van der Waals surface area contributed by atoms with Gasteiger partial charge in [-0.2, -0.15) is 0 Å². The lowest BCUT2D eigenvalue weighted by molar-refractivity contribution is 0.388. The standard InChI is InChI=1S/C8H14FNO/c1-5-6(2)7(9)8(10-3)11-4/h5H2,1-4H3/b7-6+,10-8?. The minimum atomic E-state index is -0.350. The fourth-order valence-corrected chi connectivity index (χ4v) is 0.617. The van der Waals surface area contributed by atoms with E-state index in [1.807, 2.05) is 6.92 Å². The number of hydrogen-bond donors (Lipinski definition) is 0. The number of nitrogens with zero attached hydrogens (tertiary/aromatic N) is 1. The Hall–Kier alpha value is -0.860. The molecule has 0 aliphatic carbocycles.